The maximum absolute atomic E-state index is 10.1. The van der Waals surface area contributed by atoms with Crippen molar-refractivity contribution in [3.8, 4) is 0 Å². The monoisotopic (exact) mass is 226 g/mol. The predicted octanol–water partition coefficient (Wildman–Crippen LogP) is 3.44. The van der Waals surface area contributed by atoms with Crippen molar-refractivity contribution in [2.75, 3.05) is 13.2 Å². The second-order valence-electron chi connectivity index (χ2n) is 4.59. The van der Waals surface area contributed by atoms with Gasteiger partial charge in [-0.2, -0.15) is 0 Å². The zero-order chi connectivity index (χ0) is 11.6. The molecule has 1 unspecified atom stereocenters. The summed E-state index contributed by atoms with van der Waals surface area (Å²) in [5.41, 5.74) is 1.27. The van der Waals surface area contributed by atoms with E-state index in [1.54, 1.807) is 0 Å². The number of hydrogen-bond donors (Lipinski definition) is 1. The minimum atomic E-state index is -0.224. The van der Waals surface area contributed by atoms with Gasteiger partial charge in [-0.1, -0.05) is 18.9 Å². The molecule has 0 heterocycles. The molecule has 0 aromatic carbocycles. The van der Waals surface area contributed by atoms with Gasteiger partial charge in [0.2, 0.25) is 0 Å². The van der Waals surface area contributed by atoms with Crippen LogP contribution in [0.4, 0.5) is 0 Å². The molecule has 0 aliphatic heterocycles. The minimum absolute atomic E-state index is 0.224. The first-order valence-corrected chi connectivity index (χ1v) is 6.79. The Hall–Kier alpha value is -0.340. The molecule has 0 bridgehead atoms. The van der Waals surface area contributed by atoms with E-state index >= 15 is 0 Å². The van der Waals surface area contributed by atoms with Crippen molar-refractivity contribution in [1.29, 1.82) is 0 Å². The summed E-state index contributed by atoms with van der Waals surface area (Å²) in [7, 11) is 0. The largest absolute Gasteiger partial charge is 0.389 e. The third kappa shape index (κ3) is 5.66. The van der Waals surface area contributed by atoms with Gasteiger partial charge in [-0.15, -0.1) is 0 Å². The van der Waals surface area contributed by atoms with Crippen molar-refractivity contribution in [2.45, 2.75) is 64.4 Å². The summed E-state index contributed by atoms with van der Waals surface area (Å²) in [6, 6.07) is 0. The molecule has 2 heteroatoms. The van der Waals surface area contributed by atoms with Crippen molar-refractivity contribution in [3.05, 3.63) is 11.6 Å². The molecule has 0 radical (unpaired) electrons. The maximum atomic E-state index is 10.1. The van der Waals surface area contributed by atoms with E-state index in [9.17, 15) is 5.11 Å². The minimum Gasteiger partial charge on any atom is -0.389 e. The van der Waals surface area contributed by atoms with Crippen LogP contribution in [-0.2, 0) is 4.74 Å². The smallest absolute Gasteiger partial charge is 0.0751 e. The van der Waals surface area contributed by atoms with Gasteiger partial charge in [0.15, 0.2) is 0 Å². The van der Waals surface area contributed by atoms with Crippen LogP contribution in [0.3, 0.4) is 0 Å². The summed E-state index contributed by atoms with van der Waals surface area (Å²) in [5, 5.41) is 10.1. The molecule has 16 heavy (non-hydrogen) atoms. The molecule has 1 rings (SSSR count). The van der Waals surface area contributed by atoms with E-state index in [1.807, 2.05) is 6.92 Å². The molecule has 2 nitrogen and oxygen atoms in total. The Morgan fingerprint density at radius 2 is 2.12 bits per heavy atom. The lowest BCUT2D eigenvalue weighted by atomic mass is 9.94. The summed E-state index contributed by atoms with van der Waals surface area (Å²) >= 11 is 0. The Balaban J connectivity index is 2.24. The molecule has 1 N–H and O–H groups in total. The SMILES string of the molecule is CCOCCCC(O)C1=CCCCCCC1. The van der Waals surface area contributed by atoms with Gasteiger partial charge < -0.3 is 9.84 Å². The molecule has 0 fully saturated rings. The van der Waals surface area contributed by atoms with Crippen LogP contribution < -0.4 is 0 Å². The van der Waals surface area contributed by atoms with Gasteiger partial charge in [0.1, 0.15) is 0 Å². The average Bonchev–Trinajstić information content (AvgIpc) is 2.23. The zero-order valence-corrected chi connectivity index (χ0v) is 10.6. The fourth-order valence-electron chi connectivity index (χ4n) is 2.23. The Morgan fingerprint density at radius 3 is 2.94 bits per heavy atom. The Labute approximate surface area is 99.7 Å². The fourth-order valence-corrected chi connectivity index (χ4v) is 2.23. The summed E-state index contributed by atoms with van der Waals surface area (Å²) in [6.45, 7) is 3.56. The first-order valence-electron chi connectivity index (χ1n) is 6.79. The van der Waals surface area contributed by atoms with E-state index in [1.165, 1.54) is 31.3 Å². The number of rotatable bonds is 6. The average molecular weight is 226 g/mol. The van der Waals surface area contributed by atoms with E-state index in [4.69, 9.17) is 4.74 Å². The number of aliphatic hydroxyl groups excluding tert-OH is 1. The molecular formula is C14H26O2. The zero-order valence-electron chi connectivity index (χ0n) is 10.6. The van der Waals surface area contributed by atoms with Crippen LogP contribution in [0.5, 0.6) is 0 Å². The third-order valence-corrected chi connectivity index (χ3v) is 3.22. The Bertz CT molecular complexity index is 199. The summed E-state index contributed by atoms with van der Waals surface area (Å²) in [4.78, 5) is 0. The van der Waals surface area contributed by atoms with Gasteiger partial charge in [0, 0.05) is 13.2 Å². The molecule has 1 aliphatic carbocycles. The Kier molecular flexibility index (Phi) is 7.52. The van der Waals surface area contributed by atoms with Crippen LogP contribution in [0, 0.1) is 0 Å². The summed E-state index contributed by atoms with van der Waals surface area (Å²) < 4.78 is 5.29. The maximum Gasteiger partial charge on any atom is 0.0751 e. The van der Waals surface area contributed by atoms with Crippen LogP contribution in [0.2, 0.25) is 0 Å². The summed E-state index contributed by atoms with van der Waals surface area (Å²) in [5.74, 6) is 0. The summed E-state index contributed by atoms with van der Waals surface area (Å²) in [6.07, 6.45) is 11.3. The standard InChI is InChI=1S/C14H26O2/c1-2-16-12-8-11-14(15)13-9-6-4-3-5-7-10-13/h9,14-15H,2-8,10-12H2,1H3. The molecule has 0 saturated heterocycles. The van der Waals surface area contributed by atoms with E-state index in [0.29, 0.717) is 0 Å². The Morgan fingerprint density at radius 1 is 1.31 bits per heavy atom. The molecular weight excluding hydrogens is 200 g/mol. The van der Waals surface area contributed by atoms with Crippen molar-refractivity contribution < 1.29 is 9.84 Å². The van der Waals surface area contributed by atoms with Gasteiger partial charge in [0.25, 0.3) is 0 Å². The van der Waals surface area contributed by atoms with Gasteiger partial charge >= 0.3 is 0 Å². The molecule has 0 amide bonds. The third-order valence-electron chi connectivity index (χ3n) is 3.22. The fraction of sp³-hybridized carbons (Fsp3) is 0.857. The van der Waals surface area contributed by atoms with Crippen LogP contribution in [0.15, 0.2) is 11.6 Å². The molecule has 1 atom stereocenters. The second-order valence-corrected chi connectivity index (χ2v) is 4.59. The lowest BCUT2D eigenvalue weighted by Gasteiger charge is -2.17. The molecule has 1 aliphatic rings. The molecule has 0 aromatic heterocycles. The van der Waals surface area contributed by atoms with Crippen LogP contribution in [0.1, 0.15) is 58.3 Å². The van der Waals surface area contributed by atoms with Gasteiger partial charge in [-0.25, -0.2) is 0 Å². The number of allylic oxidation sites excluding steroid dienone is 1. The highest BCUT2D eigenvalue weighted by atomic mass is 16.5. The van der Waals surface area contributed by atoms with E-state index in [0.717, 1.165) is 38.9 Å². The van der Waals surface area contributed by atoms with Crippen LogP contribution in [0.25, 0.3) is 0 Å². The van der Waals surface area contributed by atoms with Crippen molar-refractivity contribution in [3.63, 3.8) is 0 Å². The van der Waals surface area contributed by atoms with E-state index in [-0.39, 0.29) is 6.10 Å². The van der Waals surface area contributed by atoms with Crippen molar-refractivity contribution in [1.82, 2.24) is 0 Å². The molecule has 0 saturated carbocycles. The van der Waals surface area contributed by atoms with Crippen LogP contribution >= 0.6 is 0 Å². The van der Waals surface area contributed by atoms with E-state index < -0.39 is 0 Å². The normalized spacial score (nSPS) is 19.8. The highest BCUT2D eigenvalue weighted by Gasteiger charge is 2.11. The first kappa shape index (κ1) is 13.7. The molecule has 0 aromatic rings. The highest BCUT2D eigenvalue weighted by molar-refractivity contribution is 5.08. The van der Waals surface area contributed by atoms with Crippen LogP contribution in [-0.4, -0.2) is 24.4 Å². The lowest BCUT2D eigenvalue weighted by Crippen LogP contribution is -2.12. The number of hydrogen-bond acceptors (Lipinski definition) is 2. The van der Waals surface area contributed by atoms with Gasteiger partial charge in [-0.3, -0.25) is 0 Å². The predicted molar refractivity (Wildman–Crippen MR) is 67.5 cm³/mol. The van der Waals surface area contributed by atoms with Gasteiger partial charge in [0.05, 0.1) is 6.10 Å². The van der Waals surface area contributed by atoms with E-state index in [2.05, 4.69) is 6.08 Å². The van der Waals surface area contributed by atoms with Crippen molar-refractivity contribution in [2.24, 2.45) is 0 Å². The first-order chi connectivity index (χ1) is 7.84. The highest BCUT2D eigenvalue weighted by Crippen LogP contribution is 2.21. The molecule has 0 spiro atoms. The van der Waals surface area contributed by atoms with Gasteiger partial charge in [-0.05, 0) is 51.0 Å². The number of aliphatic hydroxyl groups is 1. The topological polar surface area (TPSA) is 29.5 Å². The number of ether oxygens (including phenoxy) is 1. The second kappa shape index (κ2) is 8.77. The molecule has 94 valence electrons. The quantitative estimate of drug-likeness (QED) is 0.555. The van der Waals surface area contributed by atoms with Crippen molar-refractivity contribution >= 4 is 0 Å². The lowest BCUT2D eigenvalue weighted by molar-refractivity contribution is 0.124.